The molecular weight excluding hydrogens is 272 g/mol. The molecule has 0 saturated heterocycles. The molecule has 1 aromatic heterocycles. The number of hydrogen-bond donors (Lipinski definition) is 1. The predicted octanol–water partition coefficient (Wildman–Crippen LogP) is 2.17. The normalized spacial score (nSPS) is 14.3. The predicted molar refractivity (Wildman–Crippen MR) is 75.3 cm³/mol. The first kappa shape index (κ1) is 13.6. The SMILES string of the molecule is CCOC(=O)Cn1c(C2CC2)nc2cc(C(=O)O)ccc21. The van der Waals surface area contributed by atoms with Crippen molar-refractivity contribution in [2.75, 3.05) is 6.61 Å². The van der Waals surface area contributed by atoms with E-state index in [9.17, 15) is 9.59 Å². The van der Waals surface area contributed by atoms with Gasteiger partial charge < -0.3 is 14.4 Å². The van der Waals surface area contributed by atoms with Crippen LogP contribution in [0.25, 0.3) is 11.0 Å². The Morgan fingerprint density at radius 2 is 2.19 bits per heavy atom. The van der Waals surface area contributed by atoms with Crippen LogP contribution in [0, 0.1) is 0 Å². The Balaban J connectivity index is 2.05. The van der Waals surface area contributed by atoms with E-state index in [0.717, 1.165) is 24.2 Å². The highest BCUT2D eigenvalue weighted by Gasteiger charge is 2.30. The average molecular weight is 288 g/mol. The fourth-order valence-electron chi connectivity index (χ4n) is 2.44. The summed E-state index contributed by atoms with van der Waals surface area (Å²) in [5, 5.41) is 9.05. The van der Waals surface area contributed by atoms with Crippen LogP contribution in [0.3, 0.4) is 0 Å². The summed E-state index contributed by atoms with van der Waals surface area (Å²) in [6, 6.07) is 4.78. The molecule has 21 heavy (non-hydrogen) atoms. The van der Waals surface area contributed by atoms with Gasteiger partial charge in [-0.1, -0.05) is 0 Å². The minimum atomic E-state index is -0.982. The molecule has 0 unspecified atom stereocenters. The maximum atomic E-state index is 11.8. The van der Waals surface area contributed by atoms with Crippen LogP contribution in [0.1, 0.15) is 41.9 Å². The van der Waals surface area contributed by atoms with Gasteiger partial charge in [-0.3, -0.25) is 4.79 Å². The number of fused-ring (bicyclic) bond motifs is 1. The lowest BCUT2D eigenvalue weighted by Crippen LogP contribution is -2.15. The van der Waals surface area contributed by atoms with E-state index in [-0.39, 0.29) is 18.1 Å². The van der Waals surface area contributed by atoms with E-state index in [1.54, 1.807) is 19.1 Å². The molecule has 2 aromatic rings. The molecule has 0 atom stereocenters. The number of benzene rings is 1. The summed E-state index contributed by atoms with van der Waals surface area (Å²) in [5.41, 5.74) is 1.58. The van der Waals surface area contributed by atoms with E-state index in [2.05, 4.69) is 4.98 Å². The zero-order valence-electron chi connectivity index (χ0n) is 11.7. The van der Waals surface area contributed by atoms with Crippen molar-refractivity contribution in [2.24, 2.45) is 0 Å². The van der Waals surface area contributed by atoms with Crippen molar-refractivity contribution in [3.8, 4) is 0 Å². The number of carboxylic acids is 1. The largest absolute Gasteiger partial charge is 0.478 e. The van der Waals surface area contributed by atoms with Crippen molar-refractivity contribution in [1.82, 2.24) is 9.55 Å². The van der Waals surface area contributed by atoms with Crippen LogP contribution in [0.15, 0.2) is 18.2 Å². The Labute approximate surface area is 121 Å². The van der Waals surface area contributed by atoms with E-state index in [1.165, 1.54) is 6.07 Å². The average Bonchev–Trinajstić information content (AvgIpc) is 3.22. The molecule has 0 radical (unpaired) electrons. The summed E-state index contributed by atoms with van der Waals surface area (Å²) in [7, 11) is 0. The first-order chi connectivity index (χ1) is 10.1. The first-order valence-corrected chi connectivity index (χ1v) is 6.99. The molecule has 1 saturated carbocycles. The Morgan fingerprint density at radius 1 is 1.43 bits per heavy atom. The monoisotopic (exact) mass is 288 g/mol. The maximum absolute atomic E-state index is 11.8. The van der Waals surface area contributed by atoms with Crippen LogP contribution in [-0.2, 0) is 16.1 Å². The lowest BCUT2D eigenvalue weighted by molar-refractivity contribution is -0.143. The van der Waals surface area contributed by atoms with Crippen molar-refractivity contribution in [2.45, 2.75) is 32.2 Å². The highest BCUT2D eigenvalue weighted by molar-refractivity contribution is 5.92. The van der Waals surface area contributed by atoms with Gasteiger partial charge in [0.25, 0.3) is 0 Å². The maximum Gasteiger partial charge on any atom is 0.335 e. The third kappa shape index (κ3) is 2.61. The van der Waals surface area contributed by atoms with Gasteiger partial charge in [-0.25, -0.2) is 9.78 Å². The molecule has 0 aliphatic heterocycles. The minimum absolute atomic E-state index is 0.114. The molecule has 0 bridgehead atoms. The highest BCUT2D eigenvalue weighted by Crippen LogP contribution is 2.40. The van der Waals surface area contributed by atoms with E-state index >= 15 is 0 Å². The van der Waals surface area contributed by atoms with E-state index in [1.807, 2.05) is 4.57 Å². The number of ether oxygens (including phenoxy) is 1. The first-order valence-electron chi connectivity index (χ1n) is 6.99. The summed E-state index contributed by atoms with van der Waals surface area (Å²) < 4.78 is 6.84. The van der Waals surface area contributed by atoms with Crippen LogP contribution in [0.4, 0.5) is 0 Å². The molecule has 1 aromatic carbocycles. The van der Waals surface area contributed by atoms with Gasteiger partial charge in [-0.2, -0.15) is 0 Å². The molecule has 1 fully saturated rings. The molecule has 0 spiro atoms. The van der Waals surface area contributed by atoms with Gasteiger partial charge >= 0.3 is 11.9 Å². The lowest BCUT2D eigenvalue weighted by Gasteiger charge is -2.08. The topological polar surface area (TPSA) is 81.4 Å². The second kappa shape index (κ2) is 5.20. The molecule has 1 aliphatic carbocycles. The number of hydrogen-bond acceptors (Lipinski definition) is 4. The van der Waals surface area contributed by atoms with Gasteiger partial charge in [-0.15, -0.1) is 0 Å². The van der Waals surface area contributed by atoms with Crippen LogP contribution in [-0.4, -0.2) is 33.2 Å². The second-order valence-electron chi connectivity index (χ2n) is 5.14. The Kier molecular flexibility index (Phi) is 3.37. The van der Waals surface area contributed by atoms with Crippen LogP contribution >= 0.6 is 0 Å². The Hall–Kier alpha value is -2.37. The summed E-state index contributed by atoms with van der Waals surface area (Å²) in [6.45, 7) is 2.22. The van der Waals surface area contributed by atoms with Gasteiger partial charge in [-0.05, 0) is 38.0 Å². The highest BCUT2D eigenvalue weighted by atomic mass is 16.5. The smallest absolute Gasteiger partial charge is 0.335 e. The molecule has 6 nitrogen and oxygen atoms in total. The number of nitrogens with zero attached hydrogens (tertiary/aromatic N) is 2. The Bertz CT molecular complexity index is 716. The summed E-state index contributed by atoms with van der Waals surface area (Å²) >= 11 is 0. The van der Waals surface area contributed by atoms with Gasteiger partial charge in [0.15, 0.2) is 0 Å². The number of imidazole rings is 1. The van der Waals surface area contributed by atoms with Crippen LogP contribution in [0.2, 0.25) is 0 Å². The van der Waals surface area contributed by atoms with Gasteiger partial charge in [0.1, 0.15) is 12.4 Å². The molecule has 6 heteroatoms. The summed E-state index contributed by atoms with van der Waals surface area (Å²) in [5.74, 6) is -0.0773. The van der Waals surface area contributed by atoms with Crippen LogP contribution < -0.4 is 0 Å². The fraction of sp³-hybridized carbons (Fsp3) is 0.400. The molecule has 1 heterocycles. The molecule has 110 valence electrons. The third-order valence-electron chi connectivity index (χ3n) is 3.56. The number of carbonyl (C=O) groups excluding carboxylic acids is 1. The van der Waals surface area contributed by atoms with Gasteiger partial charge in [0, 0.05) is 5.92 Å². The number of rotatable bonds is 5. The van der Waals surface area contributed by atoms with E-state index in [0.29, 0.717) is 18.0 Å². The summed E-state index contributed by atoms with van der Waals surface area (Å²) in [4.78, 5) is 27.3. The summed E-state index contributed by atoms with van der Waals surface area (Å²) in [6.07, 6.45) is 2.11. The zero-order chi connectivity index (χ0) is 15.0. The standard InChI is InChI=1S/C15H16N2O4/c1-2-21-13(18)8-17-12-6-5-10(15(19)20)7-11(12)16-14(17)9-3-4-9/h5-7,9H,2-4,8H2,1H3,(H,19,20). The molecule has 3 rings (SSSR count). The van der Waals surface area contributed by atoms with Crippen LogP contribution in [0.5, 0.6) is 0 Å². The third-order valence-corrected chi connectivity index (χ3v) is 3.56. The number of aromatic nitrogens is 2. The quantitative estimate of drug-likeness (QED) is 0.853. The van der Waals surface area contributed by atoms with Crippen molar-refractivity contribution in [3.05, 3.63) is 29.6 Å². The van der Waals surface area contributed by atoms with Crippen molar-refractivity contribution in [1.29, 1.82) is 0 Å². The zero-order valence-corrected chi connectivity index (χ0v) is 11.7. The minimum Gasteiger partial charge on any atom is -0.478 e. The number of esters is 1. The molecular formula is C15H16N2O4. The van der Waals surface area contributed by atoms with Gasteiger partial charge in [0.05, 0.1) is 23.2 Å². The fourth-order valence-corrected chi connectivity index (χ4v) is 2.44. The van der Waals surface area contributed by atoms with Crippen molar-refractivity contribution >= 4 is 23.0 Å². The molecule has 1 aliphatic rings. The number of carbonyl (C=O) groups is 2. The van der Waals surface area contributed by atoms with Crippen molar-refractivity contribution < 1.29 is 19.4 Å². The van der Waals surface area contributed by atoms with Crippen molar-refractivity contribution in [3.63, 3.8) is 0 Å². The Morgan fingerprint density at radius 3 is 2.81 bits per heavy atom. The van der Waals surface area contributed by atoms with Gasteiger partial charge in [0.2, 0.25) is 0 Å². The lowest BCUT2D eigenvalue weighted by atomic mass is 10.2. The van der Waals surface area contributed by atoms with E-state index < -0.39 is 5.97 Å². The second-order valence-corrected chi connectivity index (χ2v) is 5.14. The number of aromatic carboxylic acids is 1. The molecule has 1 N–H and O–H groups in total. The van der Waals surface area contributed by atoms with E-state index in [4.69, 9.17) is 9.84 Å². The molecule has 0 amide bonds. The number of carboxylic acid groups (broad SMARTS) is 1.